The van der Waals surface area contributed by atoms with Gasteiger partial charge in [-0.05, 0) is 32.0 Å². The first-order valence-corrected chi connectivity index (χ1v) is 6.75. The van der Waals surface area contributed by atoms with Crippen molar-refractivity contribution in [3.05, 3.63) is 24.0 Å². The SMILES string of the molecule is COCCCNC(=O)C(C)Oc1ccc(CCN)nc1. The van der Waals surface area contributed by atoms with Crippen LogP contribution >= 0.6 is 0 Å². The summed E-state index contributed by atoms with van der Waals surface area (Å²) in [5, 5.41) is 2.79. The van der Waals surface area contributed by atoms with Crippen LogP contribution in [-0.4, -0.2) is 43.8 Å². The van der Waals surface area contributed by atoms with E-state index >= 15 is 0 Å². The largest absolute Gasteiger partial charge is 0.479 e. The van der Waals surface area contributed by atoms with Crippen LogP contribution in [0.5, 0.6) is 5.75 Å². The third-order valence-electron chi connectivity index (χ3n) is 2.70. The standard InChI is InChI=1S/C14H23N3O3/c1-11(14(18)16-8-3-9-19-2)20-13-5-4-12(6-7-15)17-10-13/h4-5,10-11H,3,6-9,15H2,1-2H3,(H,16,18). The first-order chi connectivity index (χ1) is 9.67. The topological polar surface area (TPSA) is 86.5 Å². The number of hydrogen-bond donors (Lipinski definition) is 2. The van der Waals surface area contributed by atoms with E-state index in [2.05, 4.69) is 10.3 Å². The number of methoxy groups -OCH3 is 1. The van der Waals surface area contributed by atoms with Gasteiger partial charge in [0.2, 0.25) is 0 Å². The molecule has 20 heavy (non-hydrogen) atoms. The minimum Gasteiger partial charge on any atom is -0.479 e. The van der Waals surface area contributed by atoms with Gasteiger partial charge in [0.05, 0.1) is 6.20 Å². The van der Waals surface area contributed by atoms with E-state index in [1.165, 1.54) is 0 Å². The number of nitrogens with zero attached hydrogens (tertiary/aromatic N) is 1. The lowest BCUT2D eigenvalue weighted by Gasteiger charge is -2.14. The van der Waals surface area contributed by atoms with Gasteiger partial charge in [0.1, 0.15) is 5.75 Å². The Bertz CT molecular complexity index is 395. The predicted molar refractivity (Wildman–Crippen MR) is 76.6 cm³/mol. The van der Waals surface area contributed by atoms with E-state index in [1.807, 2.05) is 6.07 Å². The van der Waals surface area contributed by atoms with Crippen molar-refractivity contribution in [1.82, 2.24) is 10.3 Å². The van der Waals surface area contributed by atoms with Gasteiger partial charge >= 0.3 is 0 Å². The van der Waals surface area contributed by atoms with Crippen molar-refractivity contribution < 1.29 is 14.3 Å². The zero-order valence-electron chi connectivity index (χ0n) is 12.1. The second-order valence-electron chi connectivity index (χ2n) is 4.42. The number of pyridine rings is 1. The number of carbonyl (C=O) groups excluding carboxylic acids is 1. The highest BCUT2D eigenvalue weighted by molar-refractivity contribution is 5.80. The molecular weight excluding hydrogens is 258 g/mol. The molecule has 6 nitrogen and oxygen atoms in total. The van der Waals surface area contributed by atoms with E-state index in [-0.39, 0.29) is 5.91 Å². The Labute approximate surface area is 119 Å². The molecule has 1 atom stereocenters. The molecule has 1 aromatic rings. The second-order valence-corrected chi connectivity index (χ2v) is 4.42. The zero-order chi connectivity index (χ0) is 14.8. The smallest absolute Gasteiger partial charge is 0.260 e. The molecule has 0 bridgehead atoms. The maximum Gasteiger partial charge on any atom is 0.260 e. The number of carbonyl (C=O) groups is 1. The molecule has 1 rings (SSSR count). The summed E-state index contributed by atoms with van der Waals surface area (Å²) in [5.41, 5.74) is 6.37. The Kier molecular flexibility index (Phi) is 7.60. The van der Waals surface area contributed by atoms with E-state index in [1.54, 1.807) is 26.3 Å². The van der Waals surface area contributed by atoms with Gasteiger partial charge in [0, 0.05) is 32.4 Å². The van der Waals surface area contributed by atoms with Crippen LogP contribution in [0.1, 0.15) is 19.0 Å². The van der Waals surface area contributed by atoms with Crippen LogP contribution in [0, 0.1) is 0 Å². The molecule has 0 radical (unpaired) electrons. The average molecular weight is 281 g/mol. The van der Waals surface area contributed by atoms with Crippen LogP contribution in [0.3, 0.4) is 0 Å². The average Bonchev–Trinajstić information content (AvgIpc) is 2.45. The molecule has 3 N–H and O–H groups in total. The van der Waals surface area contributed by atoms with Gasteiger partial charge in [-0.15, -0.1) is 0 Å². The van der Waals surface area contributed by atoms with Gasteiger partial charge in [0.15, 0.2) is 6.10 Å². The monoisotopic (exact) mass is 281 g/mol. The summed E-state index contributed by atoms with van der Waals surface area (Å²) in [5.74, 6) is 0.428. The maximum atomic E-state index is 11.8. The summed E-state index contributed by atoms with van der Waals surface area (Å²) in [7, 11) is 1.63. The first kappa shape index (κ1) is 16.4. The molecule has 1 heterocycles. The summed E-state index contributed by atoms with van der Waals surface area (Å²) in [6.45, 7) is 3.48. The highest BCUT2D eigenvalue weighted by Gasteiger charge is 2.13. The maximum absolute atomic E-state index is 11.8. The van der Waals surface area contributed by atoms with Gasteiger partial charge in [-0.25, -0.2) is 0 Å². The van der Waals surface area contributed by atoms with Crippen LogP contribution in [0.15, 0.2) is 18.3 Å². The Morgan fingerprint density at radius 1 is 1.50 bits per heavy atom. The van der Waals surface area contributed by atoms with E-state index in [0.717, 1.165) is 18.5 Å². The molecule has 0 saturated carbocycles. The number of nitrogens with one attached hydrogen (secondary N) is 1. The number of rotatable bonds is 9. The van der Waals surface area contributed by atoms with Crippen molar-refractivity contribution in [3.8, 4) is 5.75 Å². The molecule has 0 spiro atoms. The van der Waals surface area contributed by atoms with Gasteiger partial charge in [-0.1, -0.05) is 0 Å². The first-order valence-electron chi connectivity index (χ1n) is 6.75. The summed E-state index contributed by atoms with van der Waals surface area (Å²) < 4.78 is 10.4. The molecule has 0 aliphatic rings. The van der Waals surface area contributed by atoms with Crippen LogP contribution < -0.4 is 15.8 Å². The second kappa shape index (κ2) is 9.28. The van der Waals surface area contributed by atoms with Crippen molar-refractivity contribution >= 4 is 5.91 Å². The molecule has 0 aromatic carbocycles. The van der Waals surface area contributed by atoms with E-state index in [9.17, 15) is 4.79 Å². The number of nitrogens with two attached hydrogens (primary N) is 1. The highest BCUT2D eigenvalue weighted by atomic mass is 16.5. The lowest BCUT2D eigenvalue weighted by atomic mass is 10.2. The van der Waals surface area contributed by atoms with Crippen LogP contribution in [0.25, 0.3) is 0 Å². The van der Waals surface area contributed by atoms with Gasteiger partial charge in [0.25, 0.3) is 5.91 Å². The molecule has 0 aliphatic carbocycles. The van der Waals surface area contributed by atoms with E-state index in [0.29, 0.717) is 25.4 Å². The fraction of sp³-hybridized carbons (Fsp3) is 0.571. The molecule has 0 aliphatic heterocycles. The number of ether oxygens (including phenoxy) is 2. The Hall–Kier alpha value is -1.66. The Morgan fingerprint density at radius 3 is 2.90 bits per heavy atom. The lowest BCUT2D eigenvalue weighted by Crippen LogP contribution is -2.37. The number of aromatic nitrogens is 1. The Morgan fingerprint density at radius 2 is 2.30 bits per heavy atom. The molecule has 6 heteroatoms. The van der Waals surface area contributed by atoms with Gasteiger partial charge < -0.3 is 20.5 Å². The molecule has 1 aromatic heterocycles. The van der Waals surface area contributed by atoms with E-state index < -0.39 is 6.10 Å². The minimum atomic E-state index is -0.556. The number of hydrogen-bond acceptors (Lipinski definition) is 5. The number of amides is 1. The van der Waals surface area contributed by atoms with Crippen LogP contribution in [-0.2, 0) is 16.0 Å². The molecule has 112 valence electrons. The van der Waals surface area contributed by atoms with Crippen molar-refractivity contribution in [2.45, 2.75) is 25.9 Å². The van der Waals surface area contributed by atoms with E-state index in [4.69, 9.17) is 15.2 Å². The van der Waals surface area contributed by atoms with Gasteiger partial charge in [-0.2, -0.15) is 0 Å². The fourth-order valence-electron chi connectivity index (χ4n) is 1.61. The summed E-state index contributed by atoms with van der Waals surface area (Å²) >= 11 is 0. The zero-order valence-corrected chi connectivity index (χ0v) is 12.1. The Balaban J connectivity index is 2.36. The summed E-state index contributed by atoms with van der Waals surface area (Å²) in [6, 6.07) is 3.65. The van der Waals surface area contributed by atoms with Crippen LogP contribution in [0.4, 0.5) is 0 Å². The molecule has 0 fully saturated rings. The van der Waals surface area contributed by atoms with Crippen molar-refractivity contribution in [2.24, 2.45) is 5.73 Å². The molecule has 1 amide bonds. The third kappa shape index (κ3) is 5.99. The lowest BCUT2D eigenvalue weighted by molar-refractivity contribution is -0.127. The highest BCUT2D eigenvalue weighted by Crippen LogP contribution is 2.11. The van der Waals surface area contributed by atoms with Crippen LogP contribution in [0.2, 0.25) is 0 Å². The van der Waals surface area contributed by atoms with Crippen molar-refractivity contribution in [3.63, 3.8) is 0 Å². The molecule has 1 unspecified atom stereocenters. The predicted octanol–water partition coefficient (Wildman–Crippen LogP) is 0.503. The van der Waals surface area contributed by atoms with Gasteiger partial charge in [-0.3, -0.25) is 9.78 Å². The summed E-state index contributed by atoms with van der Waals surface area (Å²) in [6.07, 6.45) is 2.57. The quantitative estimate of drug-likeness (QED) is 0.644. The minimum absolute atomic E-state index is 0.146. The fourth-order valence-corrected chi connectivity index (χ4v) is 1.61. The molecular formula is C14H23N3O3. The summed E-state index contributed by atoms with van der Waals surface area (Å²) in [4.78, 5) is 16.0. The normalized spacial score (nSPS) is 11.9. The molecule has 0 saturated heterocycles. The van der Waals surface area contributed by atoms with Crippen molar-refractivity contribution in [1.29, 1.82) is 0 Å². The van der Waals surface area contributed by atoms with Crippen molar-refractivity contribution in [2.75, 3.05) is 26.8 Å². The third-order valence-corrected chi connectivity index (χ3v) is 2.70.